The van der Waals surface area contributed by atoms with Crippen LogP contribution < -0.4 is 10.0 Å². The summed E-state index contributed by atoms with van der Waals surface area (Å²) in [6, 6.07) is 12.7. The lowest BCUT2D eigenvalue weighted by Crippen LogP contribution is -2.48. The largest absolute Gasteiger partial charge is 0.348 e. The molecule has 0 saturated heterocycles. The second-order valence-electron chi connectivity index (χ2n) is 6.65. The van der Waals surface area contributed by atoms with Crippen molar-refractivity contribution in [2.24, 2.45) is 0 Å². The number of hydrogen-bond acceptors (Lipinski definition) is 5. The molecule has 2 aromatic carbocycles. The third-order valence-corrected chi connectivity index (χ3v) is 8.10. The van der Waals surface area contributed by atoms with Gasteiger partial charge in [0.1, 0.15) is 6.04 Å². The van der Waals surface area contributed by atoms with E-state index in [4.69, 9.17) is 11.6 Å². The Kier molecular flexibility index (Phi) is 7.92. The molecule has 2 atom stereocenters. The number of nitrogens with one attached hydrogen (secondary N) is 2. The van der Waals surface area contributed by atoms with Crippen molar-refractivity contribution >= 4 is 51.1 Å². The molecule has 1 amide bonds. The first kappa shape index (κ1) is 22.5. The van der Waals surface area contributed by atoms with E-state index in [0.29, 0.717) is 17.2 Å². The Morgan fingerprint density at radius 2 is 2.03 bits per heavy atom. The highest BCUT2D eigenvalue weighted by Crippen LogP contribution is 2.37. The lowest BCUT2D eigenvalue weighted by Gasteiger charge is -2.28. The average Bonchev–Trinajstić information content (AvgIpc) is 2.72. The molecule has 2 aromatic rings. The summed E-state index contributed by atoms with van der Waals surface area (Å²) in [7, 11) is -3.79. The summed E-state index contributed by atoms with van der Waals surface area (Å²) in [5, 5.41) is 3.66. The van der Waals surface area contributed by atoms with E-state index in [0.717, 1.165) is 22.6 Å². The number of carbonyl (C=O) groups is 1. The highest BCUT2D eigenvalue weighted by atomic mass is 35.5. The lowest BCUT2D eigenvalue weighted by atomic mass is 10.0. The molecule has 0 aromatic heterocycles. The Bertz CT molecular complexity index is 955. The van der Waals surface area contributed by atoms with E-state index in [1.165, 1.54) is 12.1 Å². The molecule has 0 saturated carbocycles. The van der Waals surface area contributed by atoms with E-state index in [2.05, 4.69) is 10.0 Å². The standard InChI is InChI=1S/C20H23ClN2O3S3/c1-27-11-9-18(23-29(25,26)15-5-3-2-4-6-15)20(24)22-17-10-12-28-19-8-7-14(21)13-16(17)19/h2-8,13,17-18,23H,9-12H2,1H3,(H,22,24)/t17-,18-/m0/s1. The molecule has 1 aliphatic heterocycles. The minimum absolute atomic E-state index is 0.146. The molecular formula is C20H23ClN2O3S3. The van der Waals surface area contributed by atoms with Crippen LogP contribution in [0.25, 0.3) is 0 Å². The van der Waals surface area contributed by atoms with E-state index in [-0.39, 0.29) is 16.8 Å². The number of fused-ring (bicyclic) bond motifs is 1. The third-order valence-electron chi connectivity index (χ3n) is 4.61. The molecule has 5 nitrogen and oxygen atoms in total. The molecule has 156 valence electrons. The second-order valence-corrected chi connectivity index (χ2v) is 10.9. The minimum atomic E-state index is -3.79. The molecule has 0 aliphatic carbocycles. The number of hydrogen-bond donors (Lipinski definition) is 2. The molecule has 0 radical (unpaired) electrons. The lowest BCUT2D eigenvalue weighted by molar-refractivity contribution is -0.123. The van der Waals surface area contributed by atoms with Crippen LogP contribution in [0, 0.1) is 0 Å². The maximum absolute atomic E-state index is 13.0. The van der Waals surface area contributed by atoms with Crippen molar-refractivity contribution in [2.45, 2.75) is 34.7 Å². The molecular weight excluding hydrogens is 448 g/mol. The van der Waals surface area contributed by atoms with Gasteiger partial charge in [0.2, 0.25) is 15.9 Å². The van der Waals surface area contributed by atoms with Crippen LogP contribution in [0.15, 0.2) is 58.3 Å². The maximum Gasteiger partial charge on any atom is 0.241 e. The molecule has 29 heavy (non-hydrogen) atoms. The summed E-state index contributed by atoms with van der Waals surface area (Å²) in [6.45, 7) is 0. The molecule has 0 bridgehead atoms. The van der Waals surface area contributed by atoms with Crippen molar-refractivity contribution in [3.05, 3.63) is 59.1 Å². The van der Waals surface area contributed by atoms with Crippen LogP contribution in [-0.2, 0) is 14.8 Å². The fourth-order valence-electron chi connectivity index (χ4n) is 3.12. The van der Waals surface area contributed by atoms with Crippen LogP contribution in [0.4, 0.5) is 0 Å². The molecule has 0 fully saturated rings. The summed E-state index contributed by atoms with van der Waals surface area (Å²) in [6.07, 6.45) is 3.10. The molecule has 0 spiro atoms. The zero-order valence-electron chi connectivity index (χ0n) is 15.9. The number of thioether (sulfide) groups is 2. The summed E-state index contributed by atoms with van der Waals surface area (Å²) in [5.41, 5.74) is 0.983. The number of halogens is 1. The van der Waals surface area contributed by atoms with Crippen LogP contribution in [0.5, 0.6) is 0 Å². The molecule has 0 unspecified atom stereocenters. The Labute approximate surface area is 185 Å². The fourth-order valence-corrected chi connectivity index (χ4v) is 6.13. The average molecular weight is 471 g/mol. The normalized spacial score (nSPS) is 17.4. The zero-order valence-corrected chi connectivity index (χ0v) is 19.1. The highest BCUT2D eigenvalue weighted by Gasteiger charge is 2.29. The molecule has 3 rings (SSSR count). The van der Waals surface area contributed by atoms with Crippen LogP contribution in [0.2, 0.25) is 5.02 Å². The predicted octanol–water partition coefficient (Wildman–Crippen LogP) is 4.09. The van der Waals surface area contributed by atoms with Gasteiger partial charge in [-0.05, 0) is 60.7 Å². The Morgan fingerprint density at radius 3 is 2.76 bits per heavy atom. The van der Waals surface area contributed by atoms with Gasteiger partial charge in [0.15, 0.2) is 0 Å². The first-order valence-corrected chi connectivity index (χ1v) is 13.4. The van der Waals surface area contributed by atoms with Crippen LogP contribution in [0.1, 0.15) is 24.4 Å². The van der Waals surface area contributed by atoms with Crippen molar-refractivity contribution in [3.8, 4) is 0 Å². The Morgan fingerprint density at radius 1 is 1.28 bits per heavy atom. The van der Waals surface area contributed by atoms with Crippen molar-refractivity contribution < 1.29 is 13.2 Å². The van der Waals surface area contributed by atoms with Gasteiger partial charge in [-0.25, -0.2) is 8.42 Å². The van der Waals surface area contributed by atoms with Gasteiger partial charge in [0.25, 0.3) is 0 Å². The van der Waals surface area contributed by atoms with Gasteiger partial charge in [0.05, 0.1) is 10.9 Å². The first-order chi connectivity index (χ1) is 13.9. The van der Waals surface area contributed by atoms with Crippen molar-refractivity contribution in [1.82, 2.24) is 10.0 Å². The number of carbonyl (C=O) groups excluding carboxylic acids is 1. The minimum Gasteiger partial charge on any atom is -0.348 e. The molecule has 9 heteroatoms. The van der Waals surface area contributed by atoms with Gasteiger partial charge in [0, 0.05) is 15.7 Å². The van der Waals surface area contributed by atoms with E-state index in [1.807, 2.05) is 24.5 Å². The van der Waals surface area contributed by atoms with Gasteiger partial charge in [-0.2, -0.15) is 16.5 Å². The zero-order chi connectivity index (χ0) is 20.9. The Balaban J connectivity index is 1.78. The number of benzene rings is 2. The topological polar surface area (TPSA) is 75.3 Å². The van der Waals surface area contributed by atoms with Gasteiger partial charge in [-0.1, -0.05) is 29.8 Å². The number of amides is 1. The third kappa shape index (κ3) is 5.92. The summed E-state index contributed by atoms with van der Waals surface area (Å²) >= 11 is 9.45. The first-order valence-electron chi connectivity index (χ1n) is 9.19. The van der Waals surface area contributed by atoms with Crippen molar-refractivity contribution in [1.29, 1.82) is 0 Å². The van der Waals surface area contributed by atoms with Gasteiger partial charge < -0.3 is 5.32 Å². The van der Waals surface area contributed by atoms with E-state index < -0.39 is 16.1 Å². The van der Waals surface area contributed by atoms with Gasteiger partial charge in [-0.3, -0.25) is 4.79 Å². The fraction of sp³-hybridized carbons (Fsp3) is 0.350. The quantitative estimate of drug-likeness (QED) is 0.607. The molecule has 1 heterocycles. The van der Waals surface area contributed by atoms with E-state index in [1.54, 1.807) is 41.7 Å². The van der Waals surface area contributed by atoms with Crippen LogP contribution >= 0.6 is 35.1 Å². The van der Waals surface area contributed by atoms with Gasteiger partial charge in [-0.15, -0.1) is 11.8 Å². The van der Waals surface area contributed by atoms with Gasteiger partial charge >= 0.3 is 0 Å². The second kappa shape index (κ2) is 10.2. The highest BCUT2D eigenvalue weighted by molar-refractivity contribution is 7.99. The monoisotopic (exact) mass is 470 g/mol. The summed E-state index contributed by atoms with van der Waals surface area (Å²) < 4.78 is 28.0. The number of sulfonamides is 1. The van der Waals surface area contributed by atoms with Crippen LogP contribution in [0.3, 0.4) is 0 Å². The van der Waals surface area contributed by atoms with Crippen molar-refractivity contribution in [3.63, 3.8) is 0 Å². The summed E-state index contributed by atoms with van der Waals surface area (Å²) in [5.74, 6) is 1.23. The SMILES string of the molecule is CSCC[C@H](NS(=O)(=O)c1ccccc1)C(=O)N[C@H]1CCSc2ccc(Cl)cc21. The predicted molar refractivity (Wildman–Crippen MR) is 121 cm³/mol. The maximum atomic E-state index is 13.0. The Hall–Kier alpha value is -1.19. The van der Waals surface area contributed by atoms with E-state index >= 15 is 0 Å². The van der Waals surface area contributed by atoms with Crippen LogP contribution in [-0.4, -0.2) is 38.1 Å². The molecule has 1 aliphatic rings. The summed E-state index contributed by atoms with van der Waals surface area (Å²) in [4.78, 5) is 14.3. The smallest absolute Gasteiger partial charge is 0.241 e. The molecule has 2 N–H and O–H groups in total. The van der Waals surface area contributed by atoms with Crippen molar-refractivity contribution in [2.75, 3.05) is 17.8 Å². The van der Waals surface area contributed by atoms with E-state index in [9.17, 15) is 13.2 Å². The number of rotatable bonds is 8.